The summed E-state index contributed by atoms with van der Waals surface area (Å²) in [4.78, 5) is 24.3. The molecule has 0 fully saturated rings. The fourth-order valence-electron chi connectivity index (χ4n) is 2.79. The summed E-state index contributed by atoms with van der Waals surface area (Å²) in [5.74, 6) is -0.599. The SMILES string of the molecule is COC(=O)CC(Cc1ccc(OCc2cccc(Cl)c2)cc1)N(C)CC(=O)O. The lowest BCUT2D eigenvalue weighted by atomic mass is 10.0. The van der Waals surface area contributed by atoms with Crippen molar-refractivity contribution in [1.29, 1.82) is 0 Å². The summed E-state index contributed by atoms with van der Waals surface area (Å²) in [6.45, 7) is 0.259. The Hall–Kier alpha value is -2.57. The molecule has 0 heterocycles. The van der Waals surface area contributed by atoms with Crippen LogP contribution < -0.4 is 4.74 Å². The number of hydrogen-bond acceptors (Lipinski definition) is 5. The number of aliphatic carboxylic acids is 1. The summed E-state index contributed by atoms with van der Waals surface area (Å²) in [7, 11) is 3.01. The van der Waals surface area contributed by atoms with Crippen molar-refractivity contribution in [2.75, 3.05) is 20.7 Å². The summed E-state index contributed by atoms with van der Waals surface area (Å²) in [6.07, 6.45) is 0.640. The van der Waals surface area contributed by atoms with E-state index in [1.54, 1.807) is 11.9 Å². The highest BCUT2D eigenvalue weighted by atomic mass is 35.5. The molecule has 0 aliphatic heterocycles. The first-order valence-corrected chi connectivity index (χ1v) is 9.20. The van der Waals surface area contributed by atoms with Crippen LogP contribution in [0.25, 0.3) is 0 Å². The van der Waals surface area contributed by atoms with Gasteiger partial charge in [-0.05, 0) is 48.9 Å². The number of nitrogens with zero attached hydrogens (tertiary/aromatic N) is 1. The molecule has 2 aromatic rings. The lowest BCUT2D eigenvalue weighted by molar-refractivity contribution is -0.144. The number of rotatable bonds is 10. The van der Waals surface area contributed by atoms with E-state index >= 15 is 0 Å². The topological polar surface area (TPSA) is 76.1 Å². The molecule has 0 aromatic heterocycles. The van der Waals surface area contributed by atoms with E-state index < -0.39 is 5.97 Å². The van der Waals surface area contributed by atoms with Crippen LogP contribution in [0.3, 0.4) is 0 Å². The molecule has 150 valence electrons. The maximum Gasteiger partial charge on any atom is 0.317 e. The van der Waals surface area contributed by atoms with Crippen LogP contribution >= 0.6 is 11.6 Å². The van der Waals surface area contributed by atoms with Gasteiger partial charge in [-0.15, -0.1) is 0 Å². The Morgan fingerprint density at radius 1 is 1.14 bits per heavy atom. The van der Waals surface area contributed by atoms with Gasteiger partial charge in [-0.2, -0.15) is 0 Å². The molecule has 0 bridgehead atoms. The minimum absolute atomic E-state index is 0.118. The molecule has 0 saturated carbocycles. The van der Waals surface area contributed by atoms with Gasteiger partial charge in [0.2, 0.25) is 0 Å². The monoisotopic (exact) mass is 405 g/mol. The Kier molecular flexibility index (Phi) is 8.29. The summed E-state index contributed by atoms with van der Waals surface area (Å²) < 4.78 is 10.5. The predicted molar refractivity (Wildman–Crippen MR) is 107 cm³/mol. The molecule has 0 amide bonds. The Balaban J connectivity index is 1.98. The second-order valence-corrected chi connectivity index (χ2v) is 6.95. The van der Waals surface area contributed by atoms with E-state index in [-0.39, 0.29) is 25.0 Å². The third-order valence-electron chi connectivity index (χ3n) is 4.33. The molecule has 7 heteroatoms. The standard InChI is InChI=1S/C21H24ClNO5/c1-23(13-20(24)25)18(12-21(26)27-2)11-15-6-8-19(9-7-15)28-14-16-4-3-5-17(22)10-16/h3-10,18H,11-14H2,1-2H3,(H,24,25). The maximum atomic E-state index is 11.7. The minimum Gasteiger partial charge on any atom is -0.489 e. The number of carboxylic acid groups (broad SMARTS) is 1. The van der Waals surface area contributed by atoms with Crippen molar-refractivity contribution in [2.45, 2.75) is 25.5 Å². The molecule has 2 rings (SSSR count). The Morgan fingerprint density at radius 2 is 1.86 bits per heavy atom. The fourth-order valence-corrected chi connectivity index (χ4v) is 3.00. The highest BCUT2D eigenvalue weighted by Gasteiger charge is 2.21. The van der Waals surface area contributed by atoms with E-state index in [0.29, 0.717) is 23.8 Å². The van der Waals surface area contributed by atoms with Gasteiger partial charge in [0.25, 0.3) is 0 Å². The van der Waals surface area contributed by atoms with Crippen LogP contribution in [-0.4, -0.2) is 48.7 Å². The lowest BCUT2D eigenvalue weighted by Gasteiger charge is -2.26. The van der Waals surface area contributed by atoms with Gasteiger partial charge >= 0.3 is 11.9 Å². The van der Waals surface area contributed by atoms with E-state index in [1.807, 2.05) is 48.5 Å². The van der Waals surface area contributed by atoms with Gasteiger partial charge in [0.15, 0.2) is 0 Å². The molecule has 1 atom stereocenters. The van der Waals surface area contributed by atoms with E-state index in [4.69, 9.17) is 26.2 Å². The molecular formula is C21H24ClNO5. The predicted octanol–water partition coefficient (Wildman–Crippen LogP) is 3.41. The number of likely N-dealkylation sites (N-methyl/N-ethyl adjacent to an activating group) is 1. The normalized spacial score (nSPS) is 11.9. The zero-order valence-corrected chi connectivity index (χ0v) is 16.7. The maximum absolute atomic E-state index is 11.7. The van der Waals surface area contributed by atoms with Gasteiger partial charge in [-0.1, -0.05) is 35.9 Å². The average Bonchev–Trinajstić information content (AvgIpc) is 2.66. The minimum atomic E-state index is -0.942. The second kappa shape index (κ2) is 10.7. The second-order valence-electron chi connectivity index (χ2n) is 6.51. The van der Waals surface area contributed by atoms with Crippen LogP contribution in [-0.2, 0) is 27.4 Å². The number of ether oxygens (including phenoxy) is 2. The van der Waals surface area contributed by atoms with Gasteiger partial charge < -0.3 is 14.6 Å². The van der Waals surface area contributed by atoms with Gasteiger partial charge in [-0.25, -0.2) is 0 Å². The summed E-state index contributed by atoms with van der Waals surface area (Å²) in [5.41, 5.74) is 1.95. The number of carboxylic acids is 1. The van der Waals surface area contributed by atoms with Crippen LogP contribution in [0, 0.1) is 0 Å². The number of hydrogen-bond donors (Lipinski definition) is 1. The third-order valence-corrected chi connectivity index (χ3v) is 4.56. The van der Waals surface area contributed by atoms with Gasteiger partial charge in [0.05, 0.1) is 20.1 Å². The number of benzene rings is 2. The number of methoxy groups -OCH3 is 1. The number of carbonyl (C=O) groups is 2. The lowest BCUT2D eigenvalue weighted by Crippen LogP contribution is -2.39. The summed E-state index contributed by atoms with van der Waals surface area (Å²) in [6, 6.07) is 14.7. The van der Waals surface area contributed by atoms with Gasteiger partial charge in [-0.3, -0.25) is 14.5 Å². The molecule has 0 aliphatic rings. The van der Waals surface area contributed by atoms with Gasteiger partial charge in [0, 0.05) is 11.1 Å². The molecule has 2 aromatic carbocycles. The zero-order valence-electron chi connectivity index (χ0n) is 15.9. The summed E-state index contributed by atoms with van der Waals surface area (Å²) >= 11 is 5.97. The average molecular weight is 406 g/mol. The summed E-state index contributed by atoms with van der Waals surface area (Å²) in [5, 5.41) is 9.68. The number of carbonyl (C=O) groups excluding carboxylic acids is 1. The highest BCUT2D eigenvalue weighted by Crippen LogP contribution is 2.18. The third kappa shape index (κ3) is 7.21. The van der Waals surface area contributed by atoms with Crippen LogP contribution in [0.4, 0.5) is 0 Å². The van der Waals surface area contributed by atoms with E-state index in [0.717, 1.165) is 11.1 Å². The van der Waals surface area contributed by atoms with E-state index in [1.165, 1.54) is 7.11 Å². The fraction of sp³-hybridized carbons (Fsp3) is 0.333. The largest absolute Gasteiger partial charge is 0.489 e. The molecule has 1 unspecified atom stereocenters. The molecule has 1 N–H and O–H groups in total. The quantitative estimate of drug-likeness (QED) is 0.610. The molecule has 0 aliphatic carbocycles. The van der Waals surface area contributed by atoms with Crippen LogP contribution in [0.1, 0.15) is 17.5 Å². The van der Waals surface area contributed by atoms with E-state index in [9.17, 15) is 9.59 Å². The van der Waals surface area contributed by atoms with Crippen LogP contribution in [0.5, 0.6) is 5.75 Å². The molecule has 0 spiro atoms. The first-order chi connectivity index (χ1) is 13.4. The smallest absolute Gasteiger partial charge is 0.317 e. The first kappa shape index (κ1) is 21.7. The van der Waals surface area contributed by atoms with Crippen molar-refractivity contribution in [3.63, 3.8) is 0 Å². The van der Waals surface area contributed by atoms with Crippen molar-refractivity contribution in [3.05, 3.63) is 64.7 Å². The van der Waals surface area contributed by atoms with Crippen molar-refractivity contribution < 1.29 is 24.2 Å². The Bertz CT molecular complexity index is 794. The van der Waals surface area contributed by atoms with Crippen LogP contribution in [0.2, 0.25) is 5.02 Å². The highest BCUT2D eigenvalue weighted by molar-refractivity contribution is 6.30. The Morgan fingerprint density at radius 3 is 2.46 bits per heavy atom. The van der Waals surface area contributed by atoms with Crippen molar-refractivity contribution in [2.24, 2.45) is 0 Å². The number of esters is 1. The molecule has 6 nitrogen and oxygen atoms in total. The van der Waals surface area contributed by atoms with Crippen molar-refractivity contribution in [1.82, 2.24) is 4.90 Å². The van der Waals surface area contributed by atoms with Crippen molar-refractivity contribution >= 4 is 23.5 Å². The first-order valence-electron chi connectivity index (χ1n) is 8.82. The molecule has 0 radical (unpaired) electrons. The van der Waals surface area contributed by atoms with E-state index in [2.05, 4.69) is 0 Å². The zero-order chi connectivity index (χ0) is 20.5. The van der Waals surface area contributed by atoms with Crippen molar-refractivity contribution in [3.8, 4) is 5.75 Å². The molecular weight excluding hydrogens is 382 g/mol. The molecule has 0 saturated heterocycles. The van der Waals surface area contributed by atoms with Crippen LogP contribution in [0.15, 0.2) is 48.5 Å². The Labute approximate surface area is 169 Å². The molecule has 28 heavy (non-hydrogen) atoms. The number of halogens is 1. The van der Waals surface area contributed by atoms with Gasteiger partial charge in [0.1, 0.15) is 12.4 Å².